The van der Waals surface area contributed by atoms with Crippen LogP contribution in [0.15, 0.2) is 29.2 Å². The lowest BCUT2D eigenvalue weighted by molar-refractivity contribution is 0.237. The quantitative estimate of drug-likeness (QED) is 0.807. The molecule has 1 saturated heterocycles. The van der Waals surface area contributed by atoms with Gasteiger partial charge in [-0.25, -0.2) is 0 Å². The van der Waals surface area contributed by atoms with Gasteiger partial charge < -0.3 is 10.2 Å². The van der Waals surface area contributed by atoms with Crippen molar-refractivity contribution >= 4 is 15.8 Å². The van der Waals surface area contributed by atoms with Crippen LogP contribution in [0.25, 0.3) is 0 Å². The number of anilines is 1. The smallest absolute Gasteiger partial charge is 0.294 e. The highest BCUT2D eigenvalue weighted by atomic mass is 32.2. The molecule has 0 aliphatic carbocycles. The molecule has 6 heteroatoms. The lowest BCUT2D eigenvalue weighted by Gasteiger charge is -2.26. The molecule has 0 radical (unpaired) electrons. The molecule has 1 aromatic rings. The summed E-state index contributed by atoms with van der Waals surface area (Å²) in [5.74, 6) is 0. The number of nitrogens with one attached hydrogen (secondary N) is 1. The van der Waals surface area contributed by atoms with Crippen molar-refractivity contribution in [1.82, 2.24) is 4.90 Å². The summed E-state index contributed by atoms with van der Waals surface area (Å²) in [7, 11) is -4.09. The Labute approximate surface area is 114 Å². The molecule has 0 aromatic heterocycles. The van der Waals surface area contributed by atoms with E-state index < -0.39 is 10.1 Å². The van der Waals surface area contributed by atoms with Gasteiger partial charge in [-0.05, 0) is 50.2 Å². The molecule has 0 spiro atoms. The van der Waals surface area contributed by atoms with Crippen LogP contribution in [0.4, 0.5) is 5.69 Å². The number of rotatable bonds is 5. The molecular weight excluding hydrogens is 264 g/mol. The van der Waals surface area contributed by atoms with Gasteiger partial charge in [0.05, 0.1) is 4.90 Å². The van der Waals surface area contributed by atoms with Crippen molar-refractivity contribution < 1.29 is 13.0 Å². The van der Waals surface area contributed by atoms with Crippen molar-refractivity contribution in [1.29, 1.82) is 0 Å². The molecule has 2 rings (SSSR count). The first-order valence-corrected chi connectivity index (χ1v) is 8.03. The summed E-state index contributed by atoms with van der Waals surface area (Å²) in [6.45, 7) is 4.18. The van der Waals surface area contributed by atoms with Gasteiger partial charge in [-0.15, -0.1) is 0 Å². The molecule has 106 valence electrons. The summed E-state index contributed by atoms with van der Waals surface area (Å²) in [4.78, 5) is 2.36. The molecule has 0 bridgehead atoms. The van der Waals surface area contributed by atoms with E-state index in [0.29, 0.717) is 0 Å². The van der Waals surface area contributed by atoms with Gasteiger partial charge in [0.2, 0.25) is 0 Å². The maximum absolute atomic E-state index is 10.9. The van der Waals surface area contributed by atoms with Gasteiger partial charge >= 0.3 is 0 Å². The molecule has 1 aliphatic rings. The number of benzene rings is 1. The van der Waals surface area contributed by atoms with Crippen molar-refractivity contribution in [2.24, 2.45) is 0 Å². The van der Waals surface area contributed by atoms with Gasteiger partial charge in [0.25, 0.3) is 10.1 Å². The van der Waals surface area contributed by atoms with Gasteiger partial charge in [-0.2, -0.15) is 8.42 Å². The van der Waals surface area contributed by atoms with Crippen LogP contribution in [-0.2, 0) is 10.1 Å². The van der Waals surface area contributed by atoms with Gasteiger partial charge in [0.1, 0.15) is 0 Å². The number of likely N-dealkylation sites (tertiary alicyclic amines) is 1. The number of hydrogen-bond acceptors (Lipinski definition) is 4. The van der Waals surface area contributed by atoms with Crippen LogP contribution in [0.1, 0.15) is 19.3 Å². The number of nitrogens with zero attached hydrogens (tertiary/aromatic N) is 1. The minimum absolute atomic E-state index is 0.0749. The molecule has 1 aliphatic heterocycles. The lowest BCUT2D eigenvalue weighted by Crippen LogP contribution is -2.33. The Morgan fingerprint density at radius 2 is 1.74 bits per heavy atom. The van der Waals surface area contributed by atoms with E-state index in [2.05, 4.69) is 10.2 Å². The molecule has 0 amide bonds. The zero-order chi connectivity index (χ0) is 13.7. The average Bonchev–Trinajstić information content (AvgIpc) is 2.39. The Morgan fingerprint density at radius 3 is 2.32 bits per heavy atom. The highest BCUT2D eigenvalue weighted by Gasteiger charge is 2.10. The number of piperidine rings is 1. The highest BCUT2D eigenvalue weighted by Crippen LogP contribution is 2.13. The first-order valence-electron chi connectivity index (χ1n) is 6.59. The topological polar surface area (TPSA) is 69.6 Å². The van der Waals surface area contributed by atoms with Crippen LogP contribution in [0.3, 0.4) is 0 Å². The minimum Gasteiger partial charge on any atom is -0.384 e. The van der Waals surface area contributed by atoms with E-state index in [9.17, 15) is 8.42 Å². The summed E-state index contributed by atoms with van der Waals surface area (Å²) in [5.41, 5.74) is 0.865. The van der Waals surface area contributed by atoms with E-state index in [1.807, 2.05) is 0 Å². The molecule has 0 saturated carbocycles. The van der Waals surface area contributed by atoms with Gasteiger partial charge in [0, 0.05) is 18.8 Å². The van der Waals surface area contributed by atoms with Crippen LogP contribution in [0.5, 0.6) is 0 Å². The van der Waals surface area contributed by atoms with Crippen molar-refractivity contribution in [3.05, 3.63) is 24.3 Å². The molecule has 19 heavy (non-hydrogen) atoms. The fourth-order valence-electron chi connectivity index (χ4n) is 2.29. The van der Waals surface area contributed by atoms with Gasteiger partial charge in [0.15, 0.2) is 0 Å². The molecule has 0 atom stereocenters. The van der Waals surface area contributed by atoms with Crippen LogP contribution in [0, 0.1) is 0 Å². The molecule has 5 nitrogen and oxygen atoms in total. The van der Waals surface area contributed by atoms with Crippen LogP contribution >= 0.6 is 0 Å². The predicted molar refractivity (Wildman–Crippen MR) is 75.0 cm³/mol. The molecule has 1 heterocycles. The van der Waals surface area contributed by atoms with Crippen molar-refractivity contribution in [3.63, 3.8) is 0 Å². The zero-order valence-corrected chi connectivity index (χ0v) is 11.7. The summed E-state index contributed by atoms with van der Waals surface area (Å²) >= 11 is 0. The van der Waals surface area contributed by atoms with E-state index >= 15 is 0 Å². The van der Waals surface area contributed by atoms with Crippen LogP contribution < -0.4 is 5.32 Å². The average molecular weight is 284 g/mol. The summed E-state index contributed by atoms with van der Waals surface area (Å²) in [5, 5.41) is 3.25. The fourth-order valence-corrected chi connectivity index (χ4v) is 2.77. The Hall–Kier alpha value is -1.11. The minimum atomic E-state index is -4.09. The van der Waals surface area contributed by atoms with E-state index in [0.717, 1.165) is 18.8 Å². The Bertz CT molecular complexity index is 493. The van der Waals surface area contributed by atoms with Crippen LogP contribution in [0.2, 0.25) is 0 Å². The van der Waals surface area contributed by atoms with Crippen molar-refractivity contribution in [3.8, 4) is 0 Å². The first kappa shape index (κ1) is 14.3. The second kappa shape index (κ2) is 6.36. The third-order valence-electron chi connectivity index (χ3n) is 3.36. The molecule has 1 aromatic carbocycles. The fraction of sp³-hybridized carbons (Fsp3) is 0.538. The second-order valence-electron chi connectivity index (χ2n) is 4.83. The normalized spacial score (nSPS) is 17.3. The Kier molecular flexibility index (Phi) is 4.79. The van der Waals surface area contributed by atoms with Crippen LogP contribution in [-0.4, -0.2) is 44.0 Å². The Morgan fingerprint density at radius 1 is 1.11 bits per heavy atom. The van der Waals surface area contributed by atoms with Crippen molar-refractivity contribution in [2.45, 2.75) is 24.2 Å². The molecule has 2 N–H and O–H groups in total. The van der Waals surface area contributed by atoms with Gasteiger partial charge in [-0.3, -0.25) is 4.55 Å². The maximum atomic E-state index is 10.9. The van der Waals surface area contributed by atoms with Crippen molar-refractivity contribution in [2.75, 3.05) is 31.5 Å². The standard InChI is InChI=1S/C13H20N2O3S/c16-19(17,18)13-6-4-12(5-7-13)14-8-11-15-9-2-1-3-10-15/h4-7,14H,1-3,8-11H2,(H,16,17,18). The van der Waals surface area contributed by atoms with E-state index in [1.165, 1.54) is 44.5 Å². The molecule has 1 fully saturated rings. The maximum Gasteiger partial charge on any atom is 0.294 e. The monoisotopic (exact) mass is 284 g/mol. The second-order valence-corrected chi connectivity index (χ2v) is 6.25. The van der Waals surface area contributed by atoms with E-state index in [-0.39, 0.29) is 4.90 Å². The largest absolute Gasteiger partial charge is 0.384 e. The van der Waals surface area contributed by atoms with E-state index in [1.54, 1.807) is 12.1 Å². The van der Waals surface area contributed by atoms with E-state index in [4.69, 9.17) is 4.55 Å². The summed E-state index contributed by atoms with van der Waals surface area (Å²) in [6, 6.07) is 6.13. The summed E-state index contributed by atoms with van der Waals surface area (Å²) in [6.07, 6.45) is 3.90. The Balaban J connectivity index is 1.80. The zero-order valence-electron chi connectivity index (χ0n) is 10.9. The predicted octanol–water partition coefficient (Wildman–Crippen LogP) is 1.83. The lowest BCUT2D eigenvalue weighted by atomic mass is 10.1. The first-order chi connectivity index (χ1) is 9.05. The third-order valence-corrected chi connectivity index (χ3v) is 4.23. The SMILES string of the molecule is O=S(=O)(O)c1ccc(NCCN2CCCCC2)cc1. The summed E-state index contributed by atoms with van der Waals surface area (Å²) < 4.78 is 30.7. The molecule has 0 unspecified atom stereocenters. The number of hydrogen-bond donors (Lipinski definition) is 2. The van der Waals surface area contributed by atoms with Gasteiger partial charge in [-0.1, -0.05) is 6.42 Å². The third kappa shape index (κ3) is 4.49. The highest BCUT2D eigenvalue weighted by molar-refractivity contribution is 7.85. The molecular formula is C13H20N2O3S.